The summed E-state index contributed by atoms with van der Waals surface area (Å²) in [6, 6.07) is 19.2. The van der Waals surface area contributed by atoms with Crippen molar-refractivity contribution in [2.75, 3.05) is 0 Å². The Kier molecular flexibility index (Phi) is 5.70. The van der Waals surface area contributed by atoms with Gasteiger partial charge in [0.15, 0.2) is 5.82 Å². The highest BCUT2D eigenvalue weighted by molar-refractivity contribution is 7.99. The summed E-state index contributed by atoms with van der Waals surface area (Å²) in [6.07, 6.45) is -4.68. The largest absolute Gasteiger partial charge is 0.416 e. The molecule has 0 saturated carbocycles. The number of rotatable bonds is 5. The van der Waals surface area contributed by atoms with Crippen LogP contribution in [-0.2, 0) is 6.18 Å². The molecule has 0 atom stereocenters. The molecule has 32 heavy (non-hydrogen) atoms. The first-order chi connectivity index (χ1) is 15.2. The molecule has 1 heterocycles. The molecule has 0 fully saturated rings. The number of aromatic nitrogens is 3. The van der Waals surface area contributed by atoms with Gasteiger partial charge in [-0.05, 0) is 48.5 Å². The van der Waals surface area contributed by atoms with E-state index in [2.05, 4.69) is 10.2 Å². The van der Waals surface area contributed by atoms with Crippen molar-refractivity contribution >= 4 is 17.4 Å². The summed E-state index contributed by atoms with van der Waals surface area (Å²) < 4.78 is 40.9. The molecule has 0 aliphatic carbocycles. The quantitative estimate of drug-likeness (QED) is 0.259. The lowest BCUT2D eigenvalue weighted by molar-refractivity contribution is -0.388. The number of aryl methyl sites for hydroxylation is 1. The first-order valence-electron chi connectivity index (χ1n) is 9.35. The summed E-state index contributed by atoms with van der Waals surface area (Å²) in [7, 11) is 0. The first kappa shape index (κ1) is 21.6. The zero-order valence-electron chi connectivity index (χ0n) is 16.6. The van der Waals surface area contributed by atoms with Crippen LogP contribution in [-0.4, -0.2) is 19.7 Å². The summed E-state index contributed by atoms with van der Waals surface area (Å²) in [6.45, 7) is 1.92. The van der Waals surface area contributed by atoms with Crippen LogP contribution >= 0.6 is 11.8 Å². The van der Waals surface area contributed by atoms with Crippen molar-refractivity contribution in [1.82, 2.24) is 14.8 Å². The van der Waals surface area contributed by atoms with Crippen LogP contribution in [0.5, 0.6) is 0 Å². The number of hydrogen-bond donors (Lipinski definition) is 0. The van der Waals surface area contributed by atoms with Crippen LogP contribution in [0.1, 0.15) is 11.1 Å². The van der Waals surface area contributed by atoms with Gasteiger partial charge in [0.25, 0.3) is 5.69 Å². The maximum Gasteiger partial charge on any atom is 0.416 e. The molecule has 0 aliphatic rings. The average molecular weight is 456 g/mol. The second kappa shape index (κ2) is 8.46. The van der Waals surface area contributed by atoms with Crippen molar-refractivity contribution in [3.63, 3.8) is 0 Å². The van der Waals surface area contributed by atoms with E-state index in [0.29, 0.717) is 11.9 Å². The smallest absolute Gasteiger partial charge is 0.270 e. The predicted octanol–water partition coefficient (Wildman–Crippen LogP) is 6.32. The maximum absolute atomic E-state index is 13.0. The van der Waals surface area contributed by atoms with E-state index in [1.54, 1.807) is 4.57 Å². The molecule has 0 spiro atoms. The highest BCUT2D eigenvalue weighted by Crippen LogP contribution is 2.40. The van der Waals surface area contributed by atoms with E-state index in [0.717, 1.165) is 40.7 Å². The highest BCUT2D eigenvalue weighted by atomic mass is 32.2. The van der Waals surface area contributed by atoms with Gasteiger partial charge in [-0.3, -0.25) is 14.7 Å². The Bertz CT molecular complexity index is 1290. The summed E-state index contributed by atoms with van der Waals surface area (Å²) >= 11 is 0.885. The third-order valence-corrected chi connectivity index (χ3v) is 5.62. The fraction of sp³-hybridized carbons (Fsp3) is 0.0909. The van der Waals surface area contributed by atoms with Crippen molar-refractivity contribution in [1.29, 1.82) is 0 Å². The van der Waals surface area contributed by atoms with Crippen molar-refractivity contribution in [2.45, 2.75) is 23.2 Å². The van der Waals surface area contributed by atoms with Crippen LogP contribution in [0.15, 0.2) is 82.8 Å². The topological polar surface area (TPSA) is 73.8 Å². The highest BCUT2D eigenvalue weighted by Gasteiger charge is 2.33. The van der Waals surface area contributed by atoms with Gasteiger partial charge in [0, 0.05) is 11.6 Å². The van der Waals surface area contributed by atoms with Crippen LogP contribution in [0.3, 0.4) is 0 Å². The zero-order valence-corrected chi connectivity index (χ0v) is 17.4. The van der Waals surface area contributed by atoms with Gasteiger partial charge in [0.2, 0.25) is 5.16 Å². The van der Waals surface area contributed by atoms with Crippen LogP contribution in [0.25, 0.3) is 17.1 Å². The van der Waals surface area contributed by atoms with E-state index in [-0.39, 0.29) is 10.1 Å². The van der Waals surface area contributed by atoms with Gasteiger partial charge in [-0.1, -0.05) is 42.5 Å². The zero-order chi connectivity index (χ0) is 22.9. The summed E-state index contributed by atoms with van der Waals surface area (Å²) in [5.74, 6) is 0.508. The van der Waals surface area contributed by atoms with Crippen molar-refractivity contribution in [3.8, 4) is 17.1 Å². The Morgan fingerprint density at radius 2 is 1.72 bits per heavy atom. The van der Waals surface area contributed by atoms with E-state index in [9.17, 15) is 23.3 Å². The molecule has 0 amide bonds. The Morgan fingerprint density at radius 1 is 0.969 bits per heavy atom. The average Bonchev–Trinajstić information content (AvgIpc) is 3.17. The molecule has 3 aromatic carbocycles. The van der Waals surface area contributed by atoms with Crippen LogP contribution in [0, 0.1) is 17.0 Å². The first-order valence-corrected chi connectivity index (χ1v) is 10.2. The molecule has 0 radical (unpaired) electrons. The SMILES string of the molecule is Cc1cccc(-n2c(Sc3ccc(C(F)(F)F)cc3[N+](=O)[O-])nnc2-c2ccccc2)c1. The summed E-state index contributed by atoms with van der Waals surface area (Å²) in [5, 5.41) is 20.2. The normalized spacial score (nSPS) is 11.5. The number of nitro groups is 1. The van der Waals surface area contributed by atoms with E-state index in [4.69, 9.17) is 0 Å². The third-order valence-electron chi connectivity index (χ3n) is 4.61. The van der Waals surface area contributed by atoms with Crippen molar-refractivity contribution in [2.24, 2.45) is 0 Å². The molecule has 10 heteroatoms. The number of nitro benzene ring substituents is 1. The molecular weight excluding hydrogens is 441 g/mol. The third kappa shape index (κ3) is 4.35. The van der Waals surface area contributed by atoms with E-state index < -0.39 is 22.4 Å². The fourth-order valence-electron chi connectivity index (χ4n) is 3.13. The molecule has 4 aromatic rings. The number of halogens is 3. The molecule has 6 nitrogen and oxygen atoms in total. The Hall–Kier alpha value is -3.66. The monoisotopic (exact) mass is 456 g/mol. The summed E-state index contributed by atoms with van der Waals surface area (Å²) in [4.78, 5) is 10.7. The van der Waals surface area contributed by atoms with Crippen LogP contribution < -0.4 is 0 Å². The van der Waals surface area contributed by atoms with Gasteiger partial charge in [-0.2, -0.15) is 13.2 Å². The second-order valence-corrected chi connectivity index (χ2v) is 7.90. The molecule has 1 aromatic heterocycles. The lowest BCUT2D eigenvalue weighted by Gasteiger charge is -2.12. The Balaban J connectivity index is 1.85. The van der Waals surface area contributed by atoms with E-state index >= 15 is 0 Å². The maximum atomic E-state index is 13.0. The molecule has 0 aliphatic heterocycles. The minimum atomic E-state index is -4.68. The van der Waals surface area contributed by atoms with Gasteiger partial charge in [-0.25, -0.2) is 0 Å². The number of alkyl halides is 3. The summed E-state index contributed by atoms with van der Waals surface area (Å²) in [5.41, 5.74) is 0.747. The van der Waals surface area contributed by atoms with Gasteiger partial charge < -0.3 is 0 Å². The van der Waals surface area contributed by atoms with E-state index in [1.165, 1.54) is 0 Å². The van der Waals surface area contributed by atoms with Crippen molar-refractivity contribution < 1.29 is 18.1 Å². The molecule has 0 saturated heterocycles. The second-order valence-electron chi connectivity index (χ2n) is 6.89. The van der Waals surface area contributed by atoms with E-state index in [1.807, 2.05) is 61.5 Å². The van der Waals surface area contributed by atoms with Crippen LogP contribution in [0.4, 0.5) is 18.9 Å². The number of hydrogen-bond acceptors (Lipinski definition) is 5. The lowest BCUT2D eigenvalue weighted by atomic mass is 10.2. The van der Waals surface area contributed by atoms with Gasteiger partial charge >= 0.3 is 6.18 Å². The lowest BCUT2D eigenvalue weighted by Crippen LogP contribution is -2.06. The molecule has 0 bridgehead atoms. The molecule has 4 rings (SSSR count). The standard InChI is InChI=1S/C22H15F3N4O2S/c1-14-6-5-9-17(12-14)28-20(15-7-3-2-4-8-15)26-27-21(28)32-19-11-10-16(22(23,24)25)13-18(19)29(30)31/h2-13H,1H3. The minimum absolute atomic E-state index is 0.0314. The molecular formula is C22H15F3N4O2S. The minimum Gasteiger partial charge on any atom is -0.270 e. The van der Waals surface area contributed by atoms with Crippen molar-refractivity contribution in [3.05, 3.63) is 94.0 Å². The molecule has 0 N–H and O–H groups in total. The van der Waals surface area contributed by atoms with Gasteiger partial charge in [0.1, 0.15) is 0 Å². The predicted molar refractivity (Wildman–Crippen MR) is 114 cm³/mol. The Morgan fingerprint density at radius 3 is 2.38 bits per heavy atom. The fourth-order valence-corrected chi connectivity index (χ4v) is 4.07. The van der Waals surface area contributed by atoms with Gasteiger partial charge in [0.05, 0.1) is 21.1 Å². The Labute approximate surface area is 184 Å². The van der Waals surface area contributed by atoms with Crippen LogP contribution in [0.2, 0.25) is 0 Å². The molecule has 0 unspecified atom stereocenters. The number of nitrogens with zero attached hydrogens (tertiary/aromatic N) is 4. The van der Waals surface area contributed by atoms with Gasteiger partial charge in [-0.15, -0.1) is 10.2 Å². The number of benzene rings is 3. The molecule has 162 valence electrons.